The molecule has 0 aromatic rings. The minimum Gasteiger partial charge on any atom is -0.505 e. The first-order valence-corrected chi connectivity index (χ1v) is 4.16. The number of hydrogen-bond donors (Lipinski definition) is 3. The average molecular weight is 218 g/mol. The van der Waals surface area contributed by atoms with Gasteiger partial charge in [-0.15, -0.1) is 0 Å². The highest BCUT2D eigenvalue weighted by Gasteiger charge is 2.42. The Morgan fingerprint density at radius 2 is 2.20 bits per heavy atom. The molecule has 7 heteroatoms. The summed E-state index contributed by atoms with van der Waals surface area (Å²) in [6.07, 6.45) is -3.45. The van der Waals surface area contributed by atoms with Crippen molar-refractivity contribution in [2.75, 3.05) is 6.61 Å². The van der Waals surface area contributed by atoms with Crippen LogP contribution in [0, 0.1) is 0 Å². The Bertz CT molecular complexity index is 319. The number of cyclic esters (lactones) is 1. The molecule has 0 aliphatic carbocycles. The molecule has 15 heavy (non-hydrogen) atoms. The van der Waals surface area contributed by atoms with Crippen molar-refractivity contribution in [3.8, 4) is 0 Å². The van der Waals surface area contributed by atoms with Gasteiger partial charge in [0.1, 0.15) is 0 Å². The third-order valence-corrected chi connectivity index (χ3v) is 1.75. The summed E-state index contributed by atoms with van der Waals surface area (Å²) in [6.45, 7) is 1.56. The molecule has 0 aromatic carbocycles. The van der Waals surface area contributed by atoms with Gasteiger partial charge < -0.3 is 24.8 Å². The van der Waals surface area contributed by atoms with Gasteiger partial charge in [0.05, 0.1) is 6.61 Å². The van der Waals surface area contributed by atoms with Gasteiger partial charge in [-0.25, -0.2) is 9.59 Å². The van der Waals surface area contributed by atoms with E-state index < -0.39 is 35.7 Å². The SMILES string of the molecule is CCOC(=O)[C@H](O)C1OC(=O)C(O)=C1O. The van der Waals surface area contributed by atoms with Gasteiger partial charge in [0, 0.05) is 0 Å². The van der Waals surface area contributed by atoms with Crippen LogP contribution in [-0.4, -0.2) is 46.1 Å². The van der Waals surface area contributed by atoms with Gasteiger partial charge in [-0.3, -0.25) is 0 Å². The maximum absolute atomic E-state index is 11.0. The summed E-state index contributed by atoms with van der Waals surface area (Å²) in [4.78, 5) is 21.7. The number of hydrogen-bond acceptors (Lipinski definition) is 7. The smallest absolute Gasteiger partial charge is 0.378 e. The molecule has 7 nitrogen and oxygen atoms in total. The molecule has 1 heterocycles. The lowest BCUT2D eigenvalue weighted by Crippen LogP contribution is -2.37. The van der Waals surface area contributed by atoms with E-state index in [2.05, 4.69) is 9.47 Å². The molecule has 0 saturated heterocycles. The zero-order valence-corrected chi connectivity index (χ0v) is 7.84. The highest BCUT2D eigenvalue weighted by Crippen LogP contribution is 2.21. The summed E-state index contributed by atoms with van der Waals surface area (Å²) in [5.74, 6) is -4.12. The molecule has 0 amide bonds. The number of ether oxygens (including phenoxy) is 2. The fourth-order valence-electron chi connectivity index (χ4n) is 1.03. The lowest BCUT2D eigenvalue weighted by molar-refractivity contribution is -0.164. The van der Waals surface area contributed by atoms with Crippen LogP contribution in [0.3, 0.4) is 0 Å². The Morgan fingerprint density at radius 3 is 2.60 bits per heavy atom. The highest BCUT2D eigenvalue weighted by molar-refractivity contribution is 5.90. The van der Waals surface area contributed by atoms with E-state index in [9.17, 15) is 14.7 Å². The molecule has 1 aliphatic rings. The van der Waals surface area contributed by atoms with Crippen molar-refractivity contribution >= 4 is 11.9 Å². The predicted molar refractivity (Wildman–Crippen MR) is 44.8 cm³/mol. The Kier molecular flexibility index (Phi) is 3.15. The normalized spacial score (nSPS) is 22.5. The lowest BCUT2D eigenvalue weighted by atomic mass is 10.2. The summed E-state index contributed by atoms with van der Waals surface area (Å²) in [7, 11) is 0. The first-order valence-electron chi connectivity index (χ1n) is 4.16. The van der Waals surface area contributed by atoms with Crippen molar-refractivity contribution in [1.29, 1.82) is 0 Å². The van der Waals surface area contributed by atoms with Crippen LogP contribution < -0.4 is 0 Å². The highest BCUT2D eigenvalue weighted by atomic mass is 16.6. The van der Waals surface area contributed by atoms with Gasteiger partial charge in [0.15, 0.2) is 18.0 Å². The van der Waals surface area contributed by atoms with Crippen molar-refractivity contribution in [1.82, 2.24) is 0 Å². The molecule has 2 atom stereocenters. The second-order valence-electron chi connectivity index (χ2n) is 2.76. The second-order valence-corrected chi connectivity index (χ2v) is 2.76. The van der Waals surface area contributed by atoms with E-state index in [4.69, 9.17) is 10.2 Å². The van der Waals surface area contributed by atoms with Gasteiger partial charge in [0.2, 0.25) is 5.76 Å². The molecular weight excluding hydrogens is 208 g/mol. The van der Waals surface area contributed by atoms with E-state index in [1.807, 2.05) is 0 Å². The van der Waals surface area contributed by atoms with Crippen molar-refractivity contribution in [3.63, 3.8) is 0 Å². The quantitative estimate of drug-likeness (QED) is 0.529. The van der Waals surface area contributed by atoms with Crippen LogP contribution in [0.15, 0.2) is 11.5 Å². The van der Waals surface area contributed by atoms with Crippen LogP contribution >= 0.6 is 0 Å². The van der Waals surface area contributed by atoms with Crippen LogP contribution in [0.5, 0.6) is 0 Å². The average Bonchev–Trinajstić information content (AvgIpc) is 2.45. The van der Waals surface area contributed by atoms with Gasteiger partial charge in [-0.05, 0) is 6.92 Å². The van der Waals surface area contributed by atoms with Crippen LogP contribution in [0.1, 0.15) is 6.92 Å². The standard InChI is InChI=1S/C8H10O7/c1-2-14-7(12)5(11)6-3(9)4(10)8(13)15-6/h5-6,9-11H,2H2,1H3/t5-,6?/m1/s1. The van der Waals surface area contributed by atoms with Crippen molar-refractivity contribution < 1.29 is 34.4 Å². The number of aliphatic hydroxyl groups excluding tert-OH is 3. The molecule has 0 saturated carbocycles. The molecule has 1 aliphatic heterocycles. The fraction of sp³-hybridized carbons (Fsp3) is 0.500. The van der Waals surface area contributed by atoms with Gasteiger partial charge in [-0.1, -0.05) is 0 Å². The number of rotatable bonds is 3. The van der Waals surface area contributed by atoms with Gasteiger partial charge in [0.25, 0.3) is 0 Å². The Morgan fingerprint density at radius 1 is 1.60 bits per heavy atom. The van der Waals surface area contributed by atoms with E-state index in [0.29, 0.717) is 0 Å². The van der Waals surface area contributed by atoms with E-state index in [-0.39, 0.29) is 6.61 Å². The van der Waals surface area contributed by atoms with Crippen LogP contribution in [-0.2, 0) is 19.1 Å². The zero-order chi connectivity index (χ0) is 11.6. The minimum atomic E-state index is -1.85. The predicted octanol–water partition coefficient (Wildman–Crippen LogP) is -0.837. The third-order valence-electron chi connectivity index (χ3n) is 1.75. The summed E-state index contributed by atoms with van der Waals surface area (Å²) in [5.41, 5.74) is 0. The molecular formula is C8H10O7. The maximum atomic E-state index is 11.0. The molecule has 0 fully saturated rings. The molecule has 84 valence electrons. The first kappa shape index (κ1) is 11.3. The third kappa shape index (κ3) is 2.01. The molecule has 1 rings (SSSR count). The zero-order valence-electron chi connectivity index (χ0n) is 7.84. The van der Waals surface area contributed by atoms with Crippen LogP contribution in [0.2, 0.25) is 0 Å². The maximum Gasteiger partial charge on any atom is 0.378 e. The van der Waals surface area contributed by atoms with Crippen LogP contribution in [0.25, 0.3) is 0 Å². The summed E-state index contributed by atoms with van der Waals surface area (Å²) in [6, 6.07) is 0. The molecule has 1 unspecified atom stereocenters. The van der Waals surface area contributed by atoms with Crippen molar-refractivity contribution in [2.24, 2.45) is 0 Å². The van der Waals surface area contributed by atoms with E-state index >= 15 is 0 Å². The molecule has 0 spiro atoms. The Hall–Kier alpha value is -1.76. The number of esters is 2. The summed E-state index contributed by atoms with van der Waals surface area (Å²) < 4.78 is 8.79. The Labute approximate surface area is 84.5 Å². The summed E-state index contributed by atoms with van der Waals surface area (Å²) in [5, 5.41) is 27.3. The number of carbonyl (C=O) groups is 2. The lowest BCUT2D eigenvalue weighted by Gasteiger charge is -2.15. The topological polar surface area (TPSA) is 113 Å². The fourth-order valence-corrected chi connectivity index (χ4v) is 1.03. The number of aliphatic hydroxyl groups is 3. The van der Waals surface area contributed by atoms with Crippen LogP contribution in [0.4, 0.5) is 0 Å². The van der Waals surface area contributed by atoms with Gasteiger partial charge in [-0.2, -0.15) is 0 Å². The molecule has 0 bridgehead atoms. The molecule has 0 radical (unpaired) electrons. The van der Waals surface area contributed by atoms with Crippen molar-refractivity contribution in [3.05, 3.63) is 11.5 Å². The van der Waals surface area contributed by atoms with E-state index in [0.717, 1.165) is 0 Å². The first-order chi connectivity index (χ1) is 6.99. The van der Waals surface area contributed by atoms with E-state index in [1.165, 1.54) is 6.92 Å². The largest absolute Gasteiger partial charge is 0.505 e. The number of carbonyl (C=O) groups excluding carboxylic acids is 2. The monoisotopic (exact) mass is 218 g/mol. The van der Waals surface area contributed by atoms with Gasteiger partial charge >= 0.3 is 11.9 Å². The molecule has 3 N–H and O–H groups in total. The molecule has 0 aromatic heterocycles. The Balaban J connectivity index is 2.75. The summed E-state index contributed by atoms with van der Waals surface area (Å²) >= 11 is 0. The van der Waals surface area contributed by atoms with Crippen molar-refractivity contribution in [2.45, 2.75) is 19.1 Å². The van der Waals surface area contributed by atoms with E-state index in [1.54, 1.807) is 0 Å². The minimum absolute atomic E-state index is 0.0347. The second kappa shape index (κ2) is 4.18.